The Balaban J connectivity index is 2.61. The molecular weight excluding hydrogens is 300 g/mol. The molecule has 0 bridgehead atoms. The molecule has 0 fully saturated rings. The molecule has 2 nitrogen and oxygen atoms in total. The van der Waals surface area contributed by atoms with E-state index in [4.69, 9.17) is 11.6 Å². The first-order chi connectivity index (χ1) is 8.19. The number of nitrogens with zero attached hydrogens (tertiary/aromatic N) is 2. The Kier molecular flexibility index (Phi) is 3.89. The van der Waals surface area contributed by atoms with Crippen LogP contribution in [-0.2, 0) is 13.0 Å². The summed E-state index contributed by atoms with van der Waals surface area (Å²) in [5, 5.41) is 5.35. The van der Waals surface area contributed by atoms with Crippen LogP contribution in [0.25, 0.3) is 11.3 Å². The first kappa shape index (κ1) is 12.7. The summed E-state index contributed by atoms with van der Waals surface area (Å²) >= 11 is 9.84. The SMILES string of the molecule is CCc1c(Br)c(-c2ccccc2Cl)nn1CC. The van der Waals surface area contributed by atoms with Crippen molar-refractivity contribution >= 4 is 27.5 Å². The number of hydrogen-bond acceptors (Lipinski definition) is 1. The van der Waals surface area contributed by atoms with Crippen LogP contribution in [0, 0.1) is 0 Å². The number of hydrogen-bond donors (Lipinski definition) is 0. The Morgan fingerprint density at radius 1 is 1.29 bits per heavy atom. The summed E-state index contributed by atoms with van der Waals surface area (Å²) in [7, 11) is 0. The molecule has 0 atom stereocenters. The van der Waals surface area contributed by atoms with Crippen LogP contribution >= 0.6 is 27.5 Å². The van der Waals surface area contributed by atoms with Gasteiger partial charge in [-0.1, -0.05) is 36.7 Å². The maximum Gasteiger partial charge on any atom is 0.108 e. The maximum atomic E-state index is 6.21. The molecule has 4 heteroatoms. The molecule has 0 N–H and O–H groups in total. The second-order valence-electron chi connectivity index (χ2n) is 3.76. The van der Waals surface area contributed by atoms with Gasteiger partial charge in [0, 0.05) is 12.1 Å². The van der Waals surface area contributed by atoms with E-state index in [1.165, 1.54) is 5.69 Å². The zero-order valence-corrected chi connectivity index (χ0v) is 12.2. The van der Waals surface area contributed by atoms with Gasteiger partial charge in [-0.05, 0) is 35.3 Å². The largest absolute Gasteiger partial charge is 0.268 e. The van der Waals surface area contributed by atoms with Gasteiger partial charge < -0.3 is 0 Å². The fourth-order valence-electron chi connectivity index (χ4n) is 1.90. The molecule has 1 heterocycles. The lowest BCUT2D eigenvalue weighted by Gasteiger charge is -2.00. The van der Waals surface area contributed by atoms with Crippen LogP contribution in [0.5, 0.6) is 0 Å². The minimum atomic E-state index is 0.733. The number of halogens is 2. The van der Waals surface area contributed by atoms with Gasteiger partial charge in [-0.2, -0.15) is 5.10 Å². The van der Waals surface area contributed by atoms with Crippen molar-refractivity contribution in [2.24, 2.45) is 0 Å². The van der Waals surface area contributed by atoms with Gasteiger partial charge in [-0.25, -0.2) is 0 Å². The van der Waals surface area contributed by atoms with Gasteiger partial charge in [0.15, 0.2) is 0 Å². The molecule has 0 saturated carbocycles. The van der Waals surface area contributed by atoms with Crippen LogP contribution in [-0.4, -0.2) is 9.78 Å². The van der Waals surface area contributed by atoms with Crippen LogP contribution in [0.1, 0.15) is 19.5 Å². The molecule has 1 aromatic carbocycles. The molecule has 0 aliphatic carbocycles. The van der Waals surface area contributed by atoms with E-state index >= 15 is 0 Å². The van der Waals surface area contributed by atoms with Crippen molar-refractivity contribution in [2.45, 2.75) is 26.8 Å². The number of rotatable bonds is 3. The van der Waals surface area contributed by atoms with E-state index in [-0.39, 0.29) is 0 Å². The molecule has 0 saturated heterocycles. The standard InChI is InChI=1S/C13H14BrClN2/c1-3-11-12(14)13(16-17(11)4-2)9-7-5-6-8-10(9)15/h5-8H,3-4H2,1-2H3. The van der Waals surface area contributed by atoms with E-state index in [0.717, 1.165) is 33.7 Å². The van der Waals surface area contributed by atoms with Crippen molar-refractivity contribution in [1.82, 2.24) is 9.78 Å². The third-order valence-electron chi connectivity index (χ3n) is 2.76. The fourth-order valence-corrected chi connectivity index (χ4v) is 2.90. The maximum absolute atomic E-state index is 6.21. The minimum absolute atomic E-state index is 0.733. The van der Waals surface area contributed by atoms with Gasteiger partial charge in [-0.3, -0.25) is 4.68 Å². The van der Waals surface area contributed by atoms with Crippen LogP contribution in [0.4, 0.5) is 0 Å². The average Bonchev–Trinajstić information content (AvgIpc) is 2.66. The predicted octanol–water partition coefficient (Wildman–Crippen LogP) is 4.55. The zero-order valence-electron chi connectivity index (χ0n) is 9.87. The topological polar surface area (TPSA) is 17.8 Å². The van der Waals surface area contributed by atoms with E-state index in [1.54, 1.807) is 0 Å². The predicted molar refractivity (Wildman–Crippen MR) is 75.4 cm³/mol. The molecule has 0 spiro atoms. The lowest BCUT2D eigenvalue weighted by Crippen LogP contribution is -2.01. The van der Waals surface area contributed by atoms with Gasteiger partial charge in [-0.15, -0.1) is 0 Å². The molecule has 17 heavy (non-hydrogen) atoms. The Labute approximate surface area is 115 Å². The highest BCUT2D eigenvalue weighted by Crippen LogP contribution is 2.34. The van der Waals surface area contributed by atoms with Crippen molar-refractivity contribution < 1.29 is 0 Å². The molecule has 0 unspecified atom stereocenters. The highest BCUT2D eigenvalue weighted by molar-refractivity contribution is 9.10. The number of benzene rings is 1. The van der Waals surface area contributed by atoms with E-state index in [1.807, 2.05) is 28.9 Å². The smallest absolute Gasteiger partial charge is 0.108 e. The van der Waals surface area contributed by atoms with Crippen LogP contribution in [0.2, 0.25) is 5.02 Å². The van der Waals surface area contributed by atoms with Crippen molar-refractivity contribution in [3.63, 3.8) is 0 Å². The molecule has 2 aromatic rings. The van der Waals surface area contributed by atoms with Crippen LogP contribution < -0.4 is 0 Å². The van der Waals surface area contributed by atoms with Crippen LogP contribution in [0.3, 0.4) is 0 Å². The Hall–Kier alpha value is -0.800. The van der Waals surface area contributed by atoms with Gasteiger partial charge in [0.25, 0.3) is 0 Å². The monoisotopic (exact) mass is 312 g/mol. The van der Waals surface area contributed by atoms with Crippen LogP contribution in [0.15, 0.2) is 28.7 Å². The normalized spacial score (nSPS) is 10.8. The Morgan fingerprint density at radius 2 is 2.00 bits per heavy atom. The molecule has 0 radical (unpaired) electrons. The quantitative estimate of drug-likeness (QED) is 0.813. The van der Waals surface area contributed by atoms with E-state index < -0.39 is 0 Å². The average molecular weight is 314 g/mol. The Morgan fingerprint density at radius 3 is 2.53 bits per heavy atom. The summed E-state index contributed by atoms with van der Waals surface area (Å²) in [4.78, 5) is 0. The van der Waals surface area contributed by atoms with Crippen molar-refractivity contribution in [3.05, 3.63) is 39.5 Å². The molecular formula is C13H14BrClN2. The lowest BCUT2D eigenvalue weighted by atomic mass is 10.1. The van der Waals surface area contributed by atoms with Gasteiger partial charge in [0.05, 0.1) is 15.2 Å². The highest BCUT2D eigenvalue weighted by atomic mass is 79.9. The van der Waals surface area contributed by atoms with E-state index in [0.29, 0.717) is 0 Å². The summed E-state index contributed by atoms with van der Waals surface area (Å²) in [6, 6.07) is 7.79. The van der Waals surface area contributed by atoms with Crippen molar-refractivity contribution in [3.8, 4) is 11.3 Å². The summed E-state index contributed by atoms with van der Waals surface area (Å²) < 4.78 is 3.07. The van der Waals surface area contributed by atoms with E-state index in [9.17, 15) is 0 Å². The molecule has 0 amide bonds. The first-order valence-corrected chi connectivity index (χ1v) is 6.86. The first-order valence-electron chi connectivity index (χ1n) is 5.69. The summed E-state index contributed by atoms with van der Waals surface area (Å²) in [5.41, 5.74) is 3.11. The molecule has 0 aliphatic heterocycles. The lowest BCUT2D eigenvalue weighted by molar-refractivity contribution is 0.627. The second kappa shape index (κ2) is 5.23. The van der Waals surface area contributed by atoms with Gasteiger partial charge in [0.1, 0.15) is 5.69 Å². The van der Waals surface area contributed by atoms with Gasteiger partial charge in [0.2, 0.25) is 0 Å². The summed E-state index contributed by atoms with van der Waals surface area (Å²) in [6.45, 7) is 5.09. The fraction of sp³-hybridized carbons (Fsp3) is 0.308. The second-order valence-corrected chi connectivity index (χ2v) is 4.96. The van der Waals surface area contributed by atoms with Gasteiger partial charge >= 0.3 is 0 Å². The molecule has 1 aromatic heterocycles. The third kappa shape index (κ3) is 2.26. The molecule has 90 valence electrons. The molecule has 2 rings (SSSR count). The number of aromatic nitrogens is 2. The summed E-state index contributed by atoms with van der Waals surface area (Å²) in [6.07, 6.45) is 0.950. The van der Waals surface area contributed by atoms with Crippen molar-refractivity contribution in [2.75, 3.05) is 0 Å². The number of aryl methyl sites for hydroxylation is 1. The third-order valence-corrected chi connectivity index (χ3v) is 3.92. The molecule has 0 aliphatic rings. The highest BCUT2D eigenvalue weighted by Gasteiger charge is 2.16. The van der Waals surface area contributed by atoms with Crippen molar-refractivity contribution in [1.29, 1.82) is 0 Å². The zero-order chi connectivity index (χ0) is 12.4. The summed E-state index contributed by atoms with van der Waals surface area (Å²) in [5.74, 6) is 0. The van der Waals surface area contributed by atoms with E-state index in [2.05, 4.69) is 34.9 Å². The Bertz CT molecular complexity index is 534. The minimum Gasteiger partial charge on any atom is -0.268 e.